The number of nitrogens with zero attached hydrogens (tertiary/aromatic N) is 5. The van der Waals surface area contributed by atoms with Gasteiger partial charge in [0.05, 0.1) is 23.9 Å². The van der Waals surface area contributed by atoms with E-state index in [-0.39, 0.29) is 0 Å². The molecule has 100 valence electrons. The van der Waals surface area contributed by atoms with Gasteiger partial charge in [-0.2, -0.15) is 10.4 Å². The minimum absolute atomic E-state index is 0.403. The Kier molecular flexibility index (Phi) is 3.67. The van der Waals surface area contributed by atoms with Gasteiger partial charge in [0.1, 0.15) is 11.9 Å². The number of aliphatic hydroxyl groups excluding tert-OH is 1. The van der Waals surface area contributed by atoms with Crippen LogP contribution < -0.4 is 0 Å². The summed E-state index contributed by atoms with van der Waals surface area (Å²) in [5.41, 5.74) is 1.40. The summed E-state index contributed by atoms with van der Waals surface area (Å²) < 4.78 is 3.54. The number of hydrogen-bond donors (Lipinski definition) is 1. The van der Waals surface area contributed by atoms with E-state index < -0.39 is 6.10 Å². The molecule has 6 heteroatoms. The zero-order valence-corrected chi connectivity index (χ0v) is 11.3. The first-order valence-corrected chi connectivity index (χ1v) is 6.21. The Hall–Kier alpha value is -2.13. The van der Waals surface area contributed by atoms with E-state index in [1.165, 1.54) is 0 Å². The maximum atomic E-state index is 9.76. The maximum absolute atomic E-state index is 9.76. The lowest BCUT2D eigenvalue weighted by Gasteiger charge is -2.10. The van der Waals surface area contributed by atoms with E-state index in [4.69, 9.17) is 5.26 Å². The van der Waals surface area contributed by atoms with Gasteiger partial charge in [-0.25, -0.2) is 9.67 Å². The van der Waals surface area contributed by atoms with Gasteiger partial charge in [-0.3, -0.25) is 0 Å². The summed E-state index contributed by atoms with van der Waals surface area (Å²) in [6.45, 7) is 4.14. The predicted octanol–water partition coefficient (Wildman–Crippen LogP) is 1.23. The zero-order valence-electron chi connectivity index (χ0n) is 11.3. The van der Waals surface area contributed by atoms with Crippen LogP contribution in [-0.4, -0.2) is 30.5 Å². The summed E-state index contributed by atoms with van der Waals surface area (Å²) in [5.74, 6) is 1.33. The third-order valence-electron chi connectivity index (χ3n) is 3.00. The second kappa shape index (κ2) is 5.24. The fourth-order valence-corrected chi connectivity index (χ4v) is 1.95. The molecule has 0 aliphatic carbocycles. The number of aromatic nitrogens is 4. The summed E-state index contributed by atoms with van der Waals surface area (Å²) in [5, 5.41) is 23.0. The molecule has 0 aromatic carbocycles. The van der Waals surface area contributed by atoms with Gasteiger partial charge in [0, 0.05) is 13.2 Å². The van der Waals surface area contributed by atoms with Crippen molar-refractivity contribution in [1.29, 1.82) is 5.26 Å². The van der Waals surface area contributed by atoms with Crippen molar-refractivity contribution in [3.63, 3.8) is 0 Å². The largest absolute Gasteiger partial charge is 0.391 e. The summed E-state index contributed by atoms with van der Waals surface area (Å²) in [4.78, 5) is 4.39. The second-order valence-corrected chi connectivity index (χ2v) is 4.56. The molecule has 0 spiro atoms. The average Bonchev–Trinajstić information content (AvgIpc) is 2.92. The number of nitriles is 1. The molecule has 0 amide bonds. The summed E-state index contributed by atoms with van der Waals surface area (Å²) in [6.07, 6.45) is 1.96. The lowest BCUT2D eigenvalue weighted by Crippen LogP contribution is -2.17. The number of aryl methyl sites for hydroxylation is 2. The molecule has 0 saturated heterocycles. The molecule has 2 aromatic rings. The molecule has 2 rings (SSSR count). The average molecular weight is 259 g/mol. The van der Waals surface area contributed by atoms with Crippen molar-refractivity contribution in [2.75, 3.05) is 0 Å². The predicted molar refractivity (Wildman–Crippen MR) is 70.2 cm³/mol. The fourth-order valence-electron chi connectivity index (χ4n) is 1.95. The van der Waals surface area contributed by atoms with E-state index >= 15 is 0 Å². The van der Waals surface area contributed by atoms with Crippen LogP contribution in [-0.2, 0) is 13.6 Å². The molecule has 0 aliphatic heterocycles. The van der Waals surface area contributed by atoms with E-state index in [1.807, 2.05) is 25.5 Å². The Morgan fingerprint density at radius 3 is 2.84 bits per heavy atom. The molecule has 1 unspecified atom stereocenters. The quantitative estimate of drug-likeness (QED) is 0.895. The van der Waals surface area contributed by atoms with Gasteiger partial charge in [0.25, 0.3) is 0 Å². The van der Waals surface area contributed by atoms with Crippen molar-refractivity contribution >= 4 is 0 Å². The third kappa shape index (κ3) is 2.66. The zero-order chi connectivity index (χ0) is 14.0. The van der Waals surface area contributed by atoms with Crippen molar-refractivity contribution in [3.8, 4) is 17.6 Å². The van der Waals surface area contributed by atoms with Crippen molar-refractivity contribution < 1.29 is 5.11 Å². The van der Waals surface area contributed by atoms with Crippen LogP contribution in [0.3, 0.4) is 0 Å². The highest BCUT2D eigenvalue weighted by atomic mass is 16.3. The van der Waals surface area contributed by atoms with Crippen LogP contribution in [0, 0.1) is 18.3 Å². The number of rotatable bonds is 4. The van der Waals surface area contributed by atoms with Gasteiger partial charge in [-0.1, -0.05) is 6.92 Å². The van der Waals surface area contributed by atoms with Gasteiger partial charge < -0.3 is 9.67 Å². The van der Waals surface area contributed by atoms with Crippen molar-refractivity contribution in [1.82, 2.24) is 19.3 Å². The molecule has 0 fully saturated rings. The fraction of sp³-hybridized carbons (Fsp3) is 0.462. The lowest BCUT2D eigenvalue weighted by molar-refractivity contribution is 0.145. The van der Waals surface area contributed by atoms with Gasteiger partial charge in [-0.05, 0) is 19.4 Å². The van der Waals surface area contributed by atoms with Crippen LogP contribution in [0.5, 0.6) is 0 Å². The lowest BCUT2D eigenvalue weighted by atomic mass is 10.2. The van der Waals surface area contributed by atoms with Crippen molar-refractivity contribution in [2.45, 2.75) is 32.9 Å². The highest BCUT2D eigenvalue weighted by Crippen LogP contribution is 2.20. The summed E-state index contributed by atoms with van der Waals surface area (Å²) in [6, 6.07) is 3.88. The normalized spacial score (nSPS) is 12.4. The van der Waals surface area contributed by atoms with E-state index in [2.05, 4.69) is 16.2 Å². The first-order valence-electron chi connectivity index (χ1n) is 6.21. The number of aliphatic hydroxyl groups is 1. The molecular formula is C13H17N5O. The van der Waals surface area contributed by atoms with E-state index in [0.29, 0.717) is 30.2 Å². The van der Waals surface area contributed by atoms with Crippen molar-refractivity contribution in [2.24, 2.45) is 7.05 Å². The molecule has 0 bridgehead atoms. The molecular weight excluding hydrogens is 242 g/mol. The summed E-state index contributed by atoms with van der Waals surface area (Å²) >= 11 is 0. The Morgan fingerprint density at radius 2 is 2.26 bits per heavy atom. The monoisotopic (exact) mass is 259 g/mol. The molecule has 0 radical (unpaired) electrons. The molecule has 1 atom stereocenters. The standard InChI is InChI=1S/C13H17N5O/c1-4-11(19)8-18-13(15-9(2)16-18)12-5-10(6-14)7-17(12)3/h5,7,11,19H,4,8H2,1-3H3. The first-order chi connectivity index (χ1) is 9.05. The minimum Gasteiger partial charge on any atom is -0.391 e. The topological polar surface area (TPSA) is 79.7 Å². The number of hydrogen-bond acceptors (Lipinski definition) is 4. The van der Waals surface area contributed by atoms with Crippen LogP contribution in [0.15, 0.2) is 12.3 Å². The molecule has 2 heterocycles. The Balaban J connectivity index is 2.44. The third-order valence-corrected chi connectivity index (χ3v) is 3.00. The van der Waals surface area contributed by atoms with Crippen LogP contribution >= 0.6 is 0 Å². The smallest absolute Gasteiger partial charge is 0.175 e. The van der Waals surface area contributed by atoms with Gasteiger partial charge in [0.2, 0.25) is 0 Å². The van der Waals surface area contributed by atoms with E-state index in [1.54, 1.807) is 16.9 Å². The Bertz CT molecular complexity index is 620. The van der Waals surface area contributed by atoms with Crippen LogP contribution in [0.2, 0.25) is 0 Å². The Morgan fingerprint density at radius 1 is 1.53 bits per heavy atom. The van der Waals surface area contributed by atoms with Gasteiger partial charge in [-0.15, -0.1) is 0 Å². The van der Waals surface area contributed by atoms with Crippen LogP contribution in [0.4, 0.5) is 0 Å². The van der Waals surface area contributed by atoms with E-state index in [0.717, 1.165) is 5.69 Å². The van der Waals surface area contributed by atoms with Gasteiger partial charge in [0.15, 0.2) is 5.82 Å². The summed E-state index contributed by atoms with van der Waals surface area (Å²) in [7, 11) is 1.86. The molecule has 0 aliphatic rings. The highest BCUT2D eigenvalue weighted by molar-refractivity contribution is 5.55. The first kappa shape index (κ1) is 13.3. The molecule has 19 heavy (non-hydrogen) atoms. The Labute approximate surface area is 111 Å². The van der Waals surface area contributed by atoms with Crippen molar-refractivity contribution in [3.05, 3.63) is 23.7 Å². The SMILES string of the molecule is CCC(O)Cn1nc(C)nc1-c1cc(C#N)cn1C. The molecule has 0 saturated carbocycles. The molecule has 2 aromatic heterocycles. The maximum Gasteiger partial charge on any atom is 0.175 e. The van der Waals surface area contributed by atoms with Crippen LogP contribution in [0.25, 0.3) is 11.5 Å². The second-order valence-electron chi connectivity index (χ2n) is 4.56. The molecule has 1 N–H and O–H groups in total. The van der Waals surface area contributed by atoms with Gasteiger partial charge >= 0.3 is 0 Å². The minimum atomic E-state index is -0.449. The highest BCUT2D eigenvalue weighted by Gasteiger charge is 2.16. The molecule has 6 nitrogen and oxygen atoms in total. The van der Waals surface area contributed by atoms with E-state index in [9.17, 15) is 5.11 Å². The van der Waals surface area contributed by atoms with Crippen LogP contribution in [0.1, 0.15) is 24.7 Å².